The van der Waals surface area contributed by atoms with Gasteiger partial charge in [0.15, 0.2) is 34.9 Å². The number of nitrogens with two attached hydrogens (primary N) is 1. The molecule has 4 aliphatic heterocycles. The van der Waals surface area contributed by atoms with Gasteiger partial charge in [-0.25, -0.2) is 0 Å². The number of carbonyl (C=O) groups is 1. The Labute approximate surface area is 348 Å². The first-order valence-corrected chi connectivity index (χ1v) is 18.7. The number of ether oxygens (including phenoxy) is 2. The molecule has 10 rings (SSSR count). The van der Waals surface area contributed by atoms with E-state index in [1.807, 2.05) is 38.1 Å². The van der Waals surface area contributed by atoms with E-state index >= 15 is 0 Å². The van der Waals surface area contributed by atoms with Crippen LogP contribution in [-0.4, -0.2) is 112 Å². The molecule has 2 aromatic rings. The number of aliphatic hydroxyl groups is 2. The van der Waals surface area contributed by atoms with Crippen molar-refractivity contribution in [2.45, 2.75) is 118 Å². The molecule has 9 atom stereocenters. The van der Waals surface area contributed by atoms with E-state index < -0.39 is 28.1 Å². The Morgan fingerprint density at radius 3 is 1.85 bits per heavy atom. The van der Waals surface area contributed by atoms with Crippen molar-refractivity contribution in [2.75, 3.05) is 26.2 Å². The van der Waals surface area contributed by atoms with Gasteiger partial charge in [0.05, 0.1) is 22.0 Å². The molecule has 8 aliphatic rings. The molecular formula is C41H54BN5NaO7. The van der Waals surface area contributed by atoms with Gasteiger partial charge in [-0.3, -0.25) is 14.6 Å². The smallest absolute Gasteiger partial charge is 0.512 e. The molecule has 4 heterocycles. The number of rotatable bonds is 4. The summed E-state index contributed by atoms with van der Waals surface area (Å²) in [4.78, 5) is 17.3. The first-order valence-electron chi connectivity index (χ1n) is 18.7. The van der Waals surface area contributed by atoms with Crippen LogP contribution in [0, 0.1) is 11.8 Å². The van der Waals surface area contributed by atoms with Gasteiger partial charge in [-0.1, -0.05) is 38.1 Å². The summed E-state index contributed by atoms with van der Waals surface area (Å²) >= 11 is 0. The molecule has 55 heavy (non-hydrogen) atoms. The molecule has 2 saturated carbocycles. The Morgan fingerprint density at radius 2 is 1.33 bits per heavy atom. The van der Waals surface area contributed by atoms with E-state index in [1.54, 1.807) is 12.1 Å². The topological polar surface area (TPSA) is 208 Å². The van der Waals surface area contributed by atoms with Crippen LogP contribution >= 0.6 is 0 Å². The van der Waals surface area contributed by atoms with Crippen LogP contribution in [0.2, 0.25) is 0 Å². The number of hydrogen-bond acceptors (Lipinski definition) is 12. The van der Waals surface area contributed by atoms with Crippen molar-refractivity contribution in [2.24, 2.45) is 5.73 Å². The third kappa shape index (κ3) is 5.69. The van der Waals surface area contributed by atoms with Gasteiger partial charge in [0.25, 0.3) is 0 Å². The maximum absolute atomic E-state index is 12.6. The zero-order valence-corrected chi connectivity index (χ0v) is 34.5. The summed E-state index contributed by atoms with van der Waals surface area (Å²) in [5.41, 5.74) is 7.54. The number of piperidine rings is 2. The zero-order valence-electron chi connectivity index (χ0n) is 32.5. The van der Waals surface area contributed by atoms with E-state index in [4.69, 9.17) is 27.0 Å². The van der Waals surface area contributed by atoms with E-state index in [0.29, 0.717) is 43.6 Å². The molecule has 289 valence electrons. The number of likely N-dealkylation sites (tertiary alicyclic amines) is 2. The Hall–Kier alpha value is -2.90. The van der Waals surface area contributed by atoms with Gasteiger partial charge in [0, 0.05) is 63.7 Å². The Balaban J connectivity index is 0.000000214. The molecule has 2 aromatic carbocycles. The maximum atomic E-state index is 12.6. The van der Waals surface area contributed by atoms with Crippen LogP contribution in [0.25, 0.3) is 0 Å². The first kappa shape index (κ1) is 44.8. The number of nitrogens with zero attached hydrogens (tertiary/aromatic N) is 3. The number of phenols is 2. The predicted octanol–water partition coefficient (Wildman–Crippen LogP) is 0.269. The summed E-state index contributed by atoms with van der Waals surface area (Å²) in [5.74, 6) is 1.25. The van der Waals surface area contributed by atoms with E-state index in [9.17, 15) is 25.2 Å². The summed E-state index contributed by atoms with van der Waals surface area (Å²) in [5, 5.41) is 50.6. The van der Waals surface area contributed by atoms with Crippen LogP contribution in [0.3, 0.4) is 0 Å². The molecule has 0 aromatic heterocycles. The third-order valence-electron chi connectivity index (χ3n) is 13.7. The standard InChI is InChI=1S/C19H24N2O3.C19H21NO4.C2H6.CN.B.H3N.Na/c1-2-8-21-9-7-18-15-11-3-4-13(22)16(15)24-17(18)12(20)5-6-19(18,23)14(21)10-11;1-2-8-20-9-7-18-15-11-3-4-12(21)16(15)24-17(18)13(22)5-6-19(18,23)14(20)10-11;2*1-2;;;/h2-4,12,14,17,22-23H,1,5-10,20H2;2-4,14,17,21,23H,1,5-10H2;1-2H3;;;1H3;/q;;;-1;;;+1/t12?,14?,17-,18+,19?;14?,17-,18+,19?;;;;;/m11...../s1. The van der Waals surface area contributed by atoms with Crippen LogP contribution in [0.5, 0.6) is 23.0 Å². The number of phenolic OH excluding ortho intramolecular Hbond substituents is 2. The van der Waals surface area contributed by atoms with E-state index in [1.165, 1.54) is 5.56 Å². The maximum Gasteiger partial charge on any atom is 1.00 e. The predicted molar refractivity (Wildman–Crippen MR) is 205 cm³/mol. The fourth-order valence-electron chi connectivity index (χ4n) is 11.9. The second-order valence-corrected chi connectivity index (χ2v) is 15.4. The molecule has 0 amide bonds. The minimum atomic E-state index is -1.00. The largest absolute Gasteiger partial charge is 1.00 e. The van der Waals surface area contributed by atoms with E-state index in [0.717, 1.165) is 62.1 Å². The molecule has 4 fully saturated rings. The molecular weight excluding hydrogens is 708 g/mol. The number of aromatic hydroxyl groups is 2. The minimum absolute atomic E-state index is 0. The number of ketones is 1. The summed E-state index contributed by atoms with van der Waals surface area (Å²) in [7, 11) is 0. The van der Waals surface area contributed by atoms with Gasteiger partial charge in [0.1, 0.15) is 6.10 Å². The van der Waals surface area contributed by atoms with E-state index in [-0.39, 0.29) is 85.6 Å². The van der Waals surface area contributed by atoms with Crippen molar-refractivity contribution in [1.82, 2.24) is 16.0 Å². The number of Topliss-reactive ketones (excluding diaryl/α,β-unsaturated/α-hetero) is 1. The molecule has 2 saturated heterocycles. The number of benzene rings is 2. The normalized spacial score (nSPS) is 35.8. The molecule has 4 aliphatic carbocycles. The summed E-state index contributed by atoms with van der Waals surface area (Å²) < 4.78 is 12.2. The molecule has 3 radical (unpaired) electrons. The van der Waals surface area contributed by atoms with Gasteiger partial charge >= 0.3 is 29.6 Å². The molecule has 5 unspecified atom stereocenters. The minimum Gasteiger partial charge on any atom is -0.512 e. The number of hydrogen-bond donors (Lipinski definition) is 6. The second kappa shape index (κ2) is 16.2. The van der Waals surface area contributed by atoms with Crippen molar-refractivity contribution < 1.29 is 64.3 Å². The third-order valence-corrected chi connectivity index (χ3v) is 13.7. The van der Waals surface area contributed by atoms with Crippen molar-refractivity contribution in [1.29, 1.82) is 5.26 Å². The Kier molecular flexibility index (Phi) is 13.2. The monoisotopic (exact) mass is 762 g/mol. The first-order chi connectivity index (χ1) is 25.1. The van der Waals surface area contributed by atoms with Gasteiger partial charge in [-0.2, -0.15) is 0 Å². The van der Waals surface area contributed by atoms with E-state index in [2.05, 4.69) is 23.0 Å². The van der Waals surface area contributed by atoms with Crippen molar-refractivity contribution in [3.63, 3.8) is 0 Å². The summed E-state index contributed by atoms with van der Waals surface area (Å²) in [6.07, 6.45) is 8.00. The van der Waals surface area contributed by atoms with Gasteiger partial charge in [0.2, 0.25) is 0 Å². The Bertz CT molecular complexity index is 1830. The molecule has 14 heteroatoms. The molecule has 2 spiro atoms. The van der Waals surface area contributed by atoms with Crippen LogP contribution < -0.4 is 50.9 Å². The molecule has 9 N–H and O–H groups in total. The summed E-state index contributed by atoms with van der Waals surface area (Å²) in [6.45, 7) is 19.7. The van der Waals surface area contributed by atoms with Gasteiger partial charge in [-0.15, -0.1) is 13.2 Å². The van der Waals surface area contributed by atoms with Crippen LogP contribution in [0.1, 0.15) is 74.6 Å². The van der Waals surface area contributed by atoms with Crippen LogP contribution in [-0.2, 0) is 28.5 Å². The SMILES string of the molecule is C=CCN1CC[C@]23c4c5ccc(O)c4O[C@@H]2C(=O)CCC3(O)C1C5.C=CCN1CC[C@]23c4c5ccc(O)c4O[C@@H]2C(N)CCC3(O)C1C5.CC.N.[B].[C-]#N.[Na+]. The van der Waals surface area contributed by atoms with Crippen LogP contribution in [0.15, 0.2) is 49.6 Å². The Morgan fingerprint density at radius 1 is 0.855 bits per heavy atom. The van der Waals surface area contributed by atoms with Gasteiger partial charge in [-0.05, 0) is 74.8 Å². The van der Waals surface area contributed by atoms with Gasteiger partial charge < -0.3 is 53.6 Å². The quantitative estimate of drug-likeness (QED) is 0.141. The second-order valence-electron chi connectivity index (χ2n) is 15.4. The number of carbonyl (C=O) groups excluding carboxylic acids is 1. The fourth-order valence-corrected chi connectivity index (χ4v) is 11.9. The molecule has 12 nitrogen and oxygen atoms in total. The van der Waals surface area contributed by atoms with Crippen molar-refractivity contribution >= 4 is 14.2 Å². The van der Waals surface area contributed by atoms with Crippen molar-refractivity contribution in [3.8, 4) is 23.0 Å². The average Bonchev–Trinajstić information content (AvgIpc) is 3.70. The fraction of sp³-hybridized carbons (Fsp3) is 0.561. The average molecular weight is 763 g/mol. The zero-order chi connectivity index (χ0) is 37.4. The molecule has 4 bridgehead atoms. The van der Waals surface area contributed by atoms with Crippen molar-refractivity contribution in [3.05, 3.63) is 78.4 Å². The summed E-state index contributed by atoms with van der Waals surface area (Å²) in [6, 6.07) is 7.15. The van der Waals surface area contributed by atoms with Crippen LogP contribution in [0.4, 0.5) is 0 Å².